The van der Waals surface area contributed by atoms with E-state index in [1.807, 2.05) is 20.8 Å². The van der Waals surface area contributed by atoms with Crippen molar-refractivity contribution in [2.75, 3.05) is 18.5 Å². The average molecular weight is 414 g/mol. The third-order valence-corrected chi connectivity index (χ3v) is 6.42. The van der Waals surface area contributed by atoms with Crippen molar-refractivity contribution in [3.8, 4) is 0 Å². The minimum absolute atomic E-state index is 0.186. The van der Waals surface area contributed by atoms with Crippen molar-refractivity contribution in [3.05, 3.63) is 47.5 Å². The minimum Gasteiger partial charge on any atom is -0.306 e. The second kappa shape index (κ2) is 6.60. The van der Waals surface area contributed by atoms with Crippen molar-refractivity contribution in [2.45, 2.75) is 37.5 Å². The van der Waals surface area contributed by atoms with Gasteiger partial charge in [0, 0.05) is 17.6 Å². The second-order valence-electron chi connectivity index (χ2n) is 7.95. The van der Waals surface area contributed by atoms with E-state index >= 15 is 0 Å². The monoisotopic (exact) mass is 414 g/mol. The van der Waals surface area contributed by atoms with Gasteiger partial charge in [0.2, 0.25) is 10.0 Å². The molecule has 1 aliphatic heterocycles. The van der Waals surface area contributed by atoms with Crippen LogP contribution in [0.2, 0.25) is 0 Å². The molecule has 152 valence electrons. The Morgan fingerprint density at radius 3 is 2.66 bits per heavy atom. The minimum atomic E-state index is -3.53. The number of benzene rings is 1. The van der Waals surface area contributed by atoms with Crippen molar-refractivity contribution in [1.29, 1.82) is 0 Å². The van der Waals surface area contributed by atoms with Gasteiger partial charge in [-0.05, 0) is 43.3 Å². The predicted octanol–water partition coefficient (Wildman–Crippen LogP) is 1.53. The quantitative estimate of drug-likeness (QED) is 0.696. The Hall–Kier alpha value is -2.85. The molecule has 10 heteroatoms. The molecule has 0 fully saturated rings. The van der Waals surface area contributed by atoms with Crippen LogP contribution in [0.15, 0.2) is 35.5 Å². The Bertz CT molecular complexity index is 1230. The standard InChI is InChI=1S/C19H22N6O3S/c1-19(2,3)16-10-14(23-18-21-11-22-25(16)18)17(26)24-8-7-12-9-13(5-6-15(12)24)29(27,28)20-4/h5-6,9-11,20H,7-8H2,1-4H3. The zero-order valence-electron chi connectivity index (χ0n) is 16.7. The fourth-order valence-corrected chi connectivity index (χ4v) is 4.25. The number of nitrogens with one attached hydrogen (secondary N) is 1. The summed E-state index contributed by atoms with van der Waals surface area (Å²) in [4.78, 5) is 23.6. The number of carbonyl (C=O) groups is 1. The van der Waals surface area contributed by atoms with Crippen LogP contribution in [0.3, 0.4) is 0 Å². The summed E-state index contributed by atoms with van der Waals surface area (Å²) < 4.78 is 28.1. The molecule has 2 aromatic heterocycles. The lowest BCUT2D eigenvalue weighted by Gasteiger charge is -2.22. The normalized spacial score (nSPS) is 14.4. The largest absolute Gasteiger partial charge is 0.306 e. The Kier molecular flexibility index (Phi) is 4.43. The molecule has 0 saturated heterocycles. The molecule has 0 spiro atoms. The van der Waals surface area contributed by atoms with Crippen LogP contribution < -0.4 is 9.62 Å². The molecular formula is C19H22N6O3S. The second-order valence-corrected chi connectivity index (χ2v) is 9.84. The molecule has 0 saturated carbocycles. The van der Waals surface area contributed by atoms with E-state index in [-0.39, 0.29) is 21.9 Å². The molecular weight excluding hydrogens is 392 g/mol. The number of anilines is 1. The van der Waals surface area contributed by atoms with E-state index in [9.17, 15) is 13.2 Å². The molecule has 1 aliphatic rings. The van der Waals surface area contributed by atoms with Crippen LogP contribution in [0.1, 0.15) is 42.5 Å². The molecule has 0 unspecified atom stereocenters. The van der Waals surface area contributed by atoms with Crippen LogP contribution in [-0.4, -0.2) is 47.5 Å². The lowest BCUT2D eigenvalue weighted by Crippen LogP contribution is -2.31. The van der Waals surface area contributed by atoms with Gasteiger partial charge in [-0.25, -0.2) is 22.6 Å². The summed E-state index contributed by atoms with van der Waals surface area (Å²) >= 11 is 0. The van der Waals surface area contributed by atoms with Gasteiger partial charge in [0.25, 0.3) is 11.7 Å². The highest BCUT2D eigenvalue weighted by Crippen LogP contribution is 2.32. The molecule has 1 amide bonds. The number of amides is 1. The van der Waals surface area contributed by atoms with Crippen molar-refractivity contribution < 1.29 is 13.2 Å². The molecule has 1 aromatic carbocycles. The van der Waals surface area contributed by atoms with Gasteiger partial charge in [0.1, 0.15) is 12.0 Å². The zero-order chi connectivity index (χ0) is 21.0. The van der Waals surface area contributed by atoms with Gasteiger partial charge in [0.05, 0.1) is 10.6 Å². The Morgan fingerprint density at radius 1 is 1.21 bits per heavy atom. The van der Waals surface area contributed by atoms with E-state index in [2.05, 4.69) is 19.8 Å². The topological polar surface area (TPSA) is 110 Å². The van der Waals surface area contributed by atoms with Gasteiger partial charge in [-0.2, -0.15) is 10.1 Å². The van der Waals surface area contributed by atoms with Gasteiger partial charge in [-0.1, -0.05) is 20.8 Å². The molecule has 9 nitrogen and oxygen atoms in total. The molecule has 29 heavy (non-hydrogen) atoms. The number of sulfonamides is 1. The summed E-state index contributed by atoms with van der Waals surface area (Å²) in [6.07, 6.45) is 1.99. The van der Waals surface area contributed by atoms with Crippen LogP contribution >= 0.6 is 0 Å². The highest BCUT2D eigenvalue weighted by molar-refractivity contribution is 7.89. The van der Waals surface area contributed by atoms with Crippen LogP contribution in [0.4, 0.5) is 5.69 Å². The number of rotatable bonds is 3. The number of nitrogens with zero attached hydrogens (tertiary/aromatic N) is 5. The molecule has 4 rings (SSSR count). The number of fused-ring (bicyclic) bond motifs is 2. The van der Waals surface area contributed by atoms with Crippen molar-refractivity contribution in [2.24, 2.45) is 0 Å². The summed E-state index contributed by atoms with van der Waals surface area (Å²) in [5, 5.41) is 4.22. The van der Waals surface area contributed by atoms with E-state index < -0.39 is 10.0 Å². The smallest absolute Gasteiger partial charge is 0.277 e. The van der Waals surface area contributed by atoms with E-state index in [0.29, 0.717) is 24.4 Å². The first-order valence-corrected chi connectivity index (χ1v) is 10.7. The van der Waals surface area contributed by atoms with Gasteiger partial charge in [0.15, 0.2) is 0 Å². The van der Waals surface area contributed by atoms with E-state index in [4.69, 9.17) is 0 Å². The predicted molar refractivity (Wildman–Crippen MR) is 108 cm³/mol. The summed E-state index contributed by atoms with van der Waals surface area (Å²) in [6, 6.07) is 6.54. The average Bonchev–Trinajstić information content (AvgIpc) is 3.31. The summed E-state index contributed by atoms with van der Waals surface area (Å²) in [7, 11) is -2.16. The Morgan fingerprint density at radius 2 is 1.97 bits per heavy atom. The zero-order valence-corrected chi connectivity index (χ0v) is 17.5. The first-order valence-electron chi connectivity index (χ1n) is 9.21. The van der Waals surface area contributed by atoms with E-state index in [1.165, 1.54) is 19.4 Å². The lowest BCUT2D eigenvalue weighted by molar-refractivity contribution is 0.0984. The van der Waals surface area contributed by atoms with Crippen LogP contribution in [-0.2, 0) is 21.9 Å². The summed E-state index contributed by atoms with van der Waals surface area (Å²) in [5.41, 5.74) is 2.37. The number of aromatic nitrogens is 4. The maximum atomic E-state index is 13.3. The van der Waals surface area contributed by atoms with E-state index in [0.717, 1.165) is 11.3 Å². The third kappa shape index (κ3) is 3.28. The summed E-state index contributed by atoms with van der Waals surface area (Å²) in [5.74, 6) is 0.125. The van der Waals surface area contributed by atoms with Crippen molar-refractivity contribution in [3.63, 3.8) is 0 Å². The van der Waals surface area contributed by atoms with Crippen LogP contribution in [0, 0.1) is 0 Å². The maximum absolute atomic E-state index is 13.3. The summed E-state index contributed by atoms with van der Waals surface area (Å²) in [6.45, 7) is 6.56. The number of hydrogen-bond acceptors (Lipinski definition) is 6. The highest BCUT2D eigenvalue weighted by Gasteiger charge is 2.30. The number of hydrogen-bond donors (Lipinski definition) is 1. The number of carbonyl (C=O) groups excluding carboxylic acids is 1. The fourth-order valence-electron chi connectivity index (χ4n) is 3.47. The third-order valence-electron chi connectivity index (χ3n) is 5.01. The van der Waals surface area contributed by atoms with Crippen LogP contribution in [0.5, 0.6) is 0 Å². The highest BCUT2D eigenvalue weighted by atomic mass is 32.2. The van der Waals surface area contributed by atoms with Crippen LogP contribution in [0.25, 0.3) is 5.78 Å². The van der Waals surface area contributed by atoms with Gasteiger partial charge in [-0.15, -0.1) is 0 Å². The maximum Gasteiger partial charge on any atom is 0.277 e. The van der Waals surface area contributed by atoms with Crippen molar-refractivity contribution in [1.82, 2.24) is 24.3 Å². The Labute approximate surface area is 168 Å². The van der Waals surface area contributed by atoms with Gasteiger partial charge < -0.3 is 4.90 Å². The first kappa shape index (κ1) is 19.5. The molecule has 3 aromatic rings. The molecule has 3 heterocycles. The van der Waals surface area contributed by atoms with Gasteiger partial charge in [-0.3, -0.25) is 4.79 Å². The SMILES string of the molecule is CNS(=O)(=O)c1ccc2c(c1)CCN2C(=O)c1cc(C(C)(C)C)n2ncnc2n1. The fraction of sp³-hybridized carbons (Fsp3) is 0.368. The van der Waals surface area contributed by atoms with E-state index in [1.54, 1.807) is 27.6 Å². The molecule has 0 atom stereocenters. The molecule has 0 aliphatic carbocycles. The lowest BCUT2D eigenvalue weighted by atomic mass is 9.91. The first-order chi connectivity index (χ1) is 13.6. The molecule has 0 radical (unpaired) electrons. The molecule has 1 N–H and O–H groups in total. The van der Waals surface area contributed by atoms with Crippen molar-refractivity contribution >= 4 is 27.4 Å². The molecule has 0 bridgehead atoms. The Balaban J connectivity index is 1.75. The van der Waals surface area contributed by atoms with Gasteiger partial charge >= 0.3 is 0 Å².